The maximum Gasteiger partial charge on any atom is -0.0383 e. The van der Waals surface area contributed by atoms with Gasteiger partial charge in [-0.1, -0.05) is 0 Å². The summed E-state index contributed by atoms with van der Waals surface area (Å²) in [7, 11) is 0. The smallest absolute Gasteiger partial charge is 0.0383 e. The number of hydrogen-bond acceptors (Lipinski definition) is 0. The second-order valence-electron chi connectivity index (χ2n) is 2.33. The van der Waals surface area contributed by atoms with Crippen molar-refractivity contribution in [3.05, 3.63) is 0 Å². The molecular formula is C5H8. The van der Waals surface area contributed by atoms with Crippen LogP contribution in [0.5, 0.6) is 0 Å². The number of fused-ring (bicyclic) bond motifs is 1. The molecule has 0 aromatic carbocycles. The fourth-order valence-electron chi connectivity index (χ4n) is 1.18. The van der Waals surface area contributed by atoms with Gasteiger partial charge >= 0.3 is 0 Å². The van der Waals surface area contributed by atoms with Gasteiger partial charge < -0.3 is 0 Å². The largest absolute Gasteiger partial charge is 0.0499 e. The van der Waals surface area contributed by atoms with Crippen LogP contribution in [-0.4, -0.2) is 0 Å². The first kappa shape index (κ1) is 2.22. The van der Waals surface area contributed by atoms with Crippen LogP contribution < -0.4 is 0 Å². The highest BCUT2D eigenvalue weighted by atomic mass is 14.5. The highest BCUT2D eigenvalue weighted by molar-refractivity contribution is 4.95. The monoisotopic (exact) mass is 68.1 g/mol. The third-order valence-corrected chi connectivity index (χ3v) is 1.98. The molecule has 28 valence electrons. The Labute approximate surface area is 32.2 Å². The van der Waals surface area contributed by atoms with Gasteiger partial charge in [0.1, 0.15) is 0 Å². The van der Waals surface area contributed by atoms with Gasteiger partial charge in [-0.15, -0.1) is 0 Å². The van der Waals surface area contributed by atoms with Gasteiger partial charge in [-0.25, -0.2) is 0 Å². The average Bonchev–Trinajstić information content (AvgIpc) is 1.74. The molecule has 2 atom stereocenters. The molecule has 0 aliphatic heterocycles. The van der Waals surface area contributed by atoms with Gasteiger partial charge in [0.25, 0.3) is 0 Å². The molecule has 0 saturated heterocycles. The van der Waals surface area contributed by atoms with E-state index in [1.807, 2.05) is 0 Å². The Morgan fingerprint density at radius 3 is 1.60 bits per heavy atom. The molecule has 0 bridgehead atoms. The molecule has 2 fully saturated rings. The first-order chi connectivity index (χ1) is 2.47. The van der Waals surface area contributed by atoms with Crippen molar-refractivity contribution in [1.29, 1.82) is 0 Å². The predicted octanol–water partition coefficient (Wildman–Crippen LogP) is 1.42. The van der Waals surface area contributed by atoms with E-state index >= 15 is 0 Å². The van der Waals surface area contributed by atoms with Crippen LogP contribution >= 0.6 is 0 Å². The fraction of sp³-hybridized carbons (Fsp3) is 1.00. The lowest BCUT2D eigenvalue weighted by Gasteiger charge is -2.04. The van der Waals surface area contributed by atoms with E-state index in [2.05, 4.69) is 0 Å². The Morgan fingerprint density at radius 2 is 1.60 bits per heavy atom. The minimum absolute atomic E-state index is 1.23. The zero-order chi connectivity index (χ0) is 3.28. The maximum absolute atomic E-state index is 1.58. The summed E-state index contributed by atoms with van der Waals surface area (Å²) < 4.78 is 0. The van der Waals surface area contributed by atoms with E-state index < -0.39 is 0 Å². The van der Waals surface area contributed by atoms with Crippen LogP contribution in [0.3, 0.4) is 0 Å². The van der Waals surface area contributed by atoms with Gasteiger partial charge in [0.2, 0.25) is 0 Å². The summed E-state index contributed by atoms with van der Waals surface area (Å²) in [5.41, 5.74) is 0. The number of rotatable bonds is 0. The minimum atomic E-state index is 1.23. The quantitative estimate of drug-likeness (QED) is 0.402. The van der Waals surface area contributed by atoms with Crippen LogP contribution in [0.4, 0.5) is 0 Å². The maximum atomic E-state index is 1.58. The van der Waals surface area contributed by atoms with Gasteiger partial charge in [-0.3, -0.25) is 0 Å². The van der Waals surface area contributed by atoms with Crippen LogP contribution in [0.2, 0.25) is 0 Å². The van der Waals surface area contributed by atoms with E-state index in [-0.39, 0.29) is 0 Å². The molecular weight excluding hydrogens is 60.1 g/mol. The third kappa shape index (κ3) is 0.132. The molecule has 0 aromatic heterocycles. The van der Waals surface area contributed by atoms with Crippen molar-refractivity contribution in [3.8, 4) is 0 Å². The highest BCUT2D eigenvalue weighted by Crippen LogP contribution is 2.55. The molecule has 5 heavy (non-hydrogen) atoms. The van der Waals surface area contributed by atoms with Crippen molar-refractivity contribution in [2.75, 3.05) is 0 Å². The summed E-state index contributed by atoms with van der Waals surface area (Å²) in [6.45, 7) is 0. The second kappa shape index (κ2) is 0.444. The molecule has 0 radical (unpaired) electrons. The van der Waals surface area contributed by atoms with Gasteiger partial charge in [-0.2, -0.15) is 0 Å². The lowest BCUT2D eigenvalue weighted by atomic mass is 10.0. The molecule has 0 unspecified atom stereocenters. The van der Waals surface area contributed by atoms with Crippen molar-refractivity contribution in [1.82, 2.24) is 0 Å². The Hall–Kier alpha value is 0. The van der Waals surface area contributed by atoms with Crippen LogP contribution in [-0.2, 0) is 0 Å². The summed E-state index contributed by atoms with van der Waals surface area (Å²) in [5, 5.41) is 0. The molecule has 0 heteroatoms. The van der Waals surface area contributed by atoms with E-state index in [4.69, 9.17) is 0 Å². The van der Waals surface area contributed by atoms with E-state index in [1.54, 1.807) is 19.3 Å². The van der Waals surface area contributed by atoms with E-state index in [0.717, 1.165) is 0 Å². The summed E-state index contributed by atoms with van der Waals surface area (Å²) in [5.74, 6) is 2.46. The van der Waals surface area contributed by atoms with Crippen molar-refractivity contribution >= 4 is 0 Å². The molecule has 2 saturated carbocycles. The predicted molar refractivity (Wildman–Crippen MR) is 20.8 cm³/mol. The van der Waals surface area contributed by atoms with Crippen LogP contribution in [0.1, 0.15) is 19.3 Å². The first-order valence-corrected chi connectivity index (χ1v) is 2.47. The molecule has 0 spiro atoms. The highest BCUT2D eigenvalue weighted by Gasteiger charge is 2.44. The fourth-order valence-corrected chi connectivity index (χ4v) is 1.18. The van der Waals surface area contributed by atoms with E-state index in [0.29, 0.717) is 0 Å². The Balaban J connectivity index is 2.19. The second-order valence-corrected chi connectivity index (χ2v) is 2.33. The summed E-state index contributed by atoms with van der Waals surface area (Å²) >= 11 is 0. The van der Waals surface area contributed by atoms with Gasteiger partial charge in [0.15, 0.2) is 0 Å². The van der Waals surface area contributed by atoms with Crippen molar-refractivity contribution in [3.63, 3.8) is 0 Å². The SMILES string of the molecule is C1C[C@H]2C[C@@H]12. The average molecular weight is 68.1 g/mol. The van der Waals surface area contributed by atoms with Crippen molar-refractivity contribution in [2.24, 2.45) is 11.8 Å². The van der Waals surface area contributed by atoms with E-state index in [9.17, 15) is 0 Å². The third-order valence-electron chi connectivity index (χ3n) is 1.98. The molecule has 0 heterocycles. The molecule has 0 N–H and O–H groups in total. The Bertz CT molecular complexity index is 45.1. The topological polar surface area (TPSA) is 0 Å². The van der Waals surface area contributed by atoms with Gasteiger partial charge in [0, 0.05) is 0 Å². The Morgan fingerprint density at radius 1 is 1.00 bits per heavy atom. The minimum Gasteiger partial charge on any atom is -0.0499 e. The van der Waals surface area contributed by atoms with Crippen LogP contribution in [0.25, 0.3) is 0 Å². The standard InChI is InChI=1S/C5H8/c1-2-5-3-4(1)5/h4-5H,1-3H2/t4-,5+. The molecule has 0 amide bonds. The molecule has 2 aliphatic carbocycles. The normalized spacial score (nSPS) is 57.6. The number of hydrogen-bond donors (Lipinski definition) is 0. The van der Waals surface area contributed by atoms with Crippen LogP contribution in [0, 0.1) is 11.8 Å². The molecule has 0 nitrogen and oxygen atoms in total. The zero-order valence-corrected chi connectivity index (χ0v) is 3.28. The van der Waals surface area contributed by atoms with Crippen LogP contribution in [0.15, 0.2) is 0 Å². The summed E-state index contributed by atoms with van der Waals surface area (Å²) in [6.07, 6.45) is 4.70. The summed E-state index contributed by atoms with van der Waals surface area (Å²) in [4.78, 5) is 0. The zero-order valence-electron chi connectivity index (χ0n) is 3.28. The summed E-state index contributed by atoms with van der Waals surface area (Å²) in [6, 6.07) is 0. The van der Waals surface area contributed by atoms with Gasteiger partial charge in [0.05, 0.1) is 0 Å². The van der Waals surface area contributed by atoms with Crippen molar-refractivity contribution in [2.45, 2.75) is 19.3 Å². The lowest BCUT2D eigenvalue weighted by Crippen LogP contribution is -1.93. The Kier molecular flexibility index (Phi) is 0.198. The van der Waals surface area contributed by atoms with Gasteiger partial charge in [-0.05, 0) is 31.1 Å². The molecule has 2 rings (SSSR count). The van der Waals surface area contributed by atoms with Crippen molar-refractivity contribution < 1.29 is 0 Å². The van der Waals surface area contributed by atoms with E-state index in [1.165, 1.54) is 11.8 Å². The molecule has 2 aliphatic rings. The lowest BCUT2D eigenvalue weighted by molar-refractivity contribution is 0.468. The first-order valence-electron chi connectivity index (χ1n) is 2.47. The molecule has 0 aromatic rings.